The SMILES string of the molecule is C[C@H](NC(=O)C(=O)O)C(=O)OC(=O)C(=O)O. The monoisotopic (exact) mass is 233 g/mol. The number of hydrogen-bond donors (Lipinski definition) is 3. The van der Waals surface area contributed by atoms with Crippen LogP contribution in [0, 0.1) is 0 Å². The van der Waals surface area contributed by atoms with Gasteiger partial charge in [0.1, 0.15) is 6.04 Å². The van der Waals surface area contributed by atoms with Crippen LogP contribution in [0.1, 0.15) is 6.92 Å². The fourth-order valence-corrected chi connectivity index (χ4v) is 0.541. The molecular formula is C7H7NO8. The molecular weight excluding hydrogens is 226 g/mol. The predicted molar refractivity (Wildman–Crippen MR) is 44.0 cm³/mol. The van der Waals surface area contributed by atoms with Crippen molar-refractivity contribution < 1.29 is 38.9 Å². The van der Waals surface area contributed by atoms with Crippen molar-refractivity contribution in [3.63, 3.8) is 0 Å². The minimum atomic E-state index is -1.98. The summed E-state index contributed by atoms with van der Waals surface area (Å²) in [6, 6.07) is -1.45. The molecule has 0 heterocycles. The van der Waals surface area contributed by atoms with Crippen LogP contribution in [0.2, 0.25) is 0 Å². The molecule has 1 atom stereocenters. The van der Waals surface area contributed by atoms with Crippen molar-refractivity contribution in [3.8, 4) is 0 Å². The van der Waals surface area contributed by atoms with E-state index in [4.69, 9.17) is 10.2 Å². The molecule has 0 aromatic heterocycles. The van der Waals surface area contributed by atoms with Gasteiger partial charge >= 0.3 is 29.8 Å². The van der Waals surface area contributed by atoms with Gasteiger partial charge in [-0.05, 0) is 6.92 Å². The summed E-state index contributed by atoms with van der Waals surface area (Å²) in [5.41, 5.74) is 0. The lowest BCUT2D eigenvalue weighted by atomic mass is 10.3. The number of esters is 2. The van der Waals surface area contributed by atoms with Crippen LogP contribution in [0.3, 0.4) is 0 Å². The Morgan fingerprint density at radius 2 is 1.56 bits per heavy atom. The fourth-order valence-electron chi connectivity index (χ4n) is 0.541. The predicted octanol–water partition coefficient (Wildman–Crippen LogP) is -2.27. The third kappa shape index (κ3) is 4.17. The first-order valence-electron chi connectivity index (χ1n) is 3.78. The van der Waals surface area contributed by atoms with Gasteiger partial charge in [0.25, 0.3) is 0 Å². The highest BCUT2D eigenvalue weighted by Crippen LogP contribution is 1.89. The molecule has 9 heteroatoms. The molecule has 9 nitrogen and oxygen atoms in total. The summed E-state index contributed by atoms with van der Waals surface area (Å²) in [5.74, 6) is -8.48. The second-order valence-electron chi connectivity index (χ2n) is 2.51. The van der Waals surface area contributed by atoms with E-state index in [1.54, 1.807) is 5.32 Å². The van der Waals surface area contributed by atoms with E-state index in [0.717, 1.165) is 6.92 Å². The third-order valence-electron chi connectivity index (χ3n) is 1.26. The average molecular weight is 233 g/mol. The first-order valence-corrected chi connectivity index (χ1v) is 3.78. The lowest BCUT2D eigenvalue weighted by Crippen LogP contribution is -2.43. The minimum absolute atomic E-state index is 1.03. The highest BCUT2D eigenvalue weighted by molar-refractivity contribution is 6.32. The normalized spacial score (nSPS) is 11.1. The summed E-state index contributed by atoms with van der Waals surface area (Å²) in [4.78, 5) is 51.9. The van der Waals surface area contributed by atoms with Gasteiger partial charge in [-0.1, -0.05) is 0 Å². The van der Waals surface area contributed by atoms with Crippen LogP contribution < -0.4 is 5.32 Å². The molecule has 16 heavy (non-hydrogen) atoms. The molecule has 0 rings (SSSR count). The number of rotatable bonds is 2. The quantitative estimate of drug-likeness (QED) is 0.275. The van der Waals surface area contributed by atoms with Crippen LogP contribution >= 0.6 is 0 Å². The fraction of sp³-hybridized carbons (Fsp3) is 0.286. The van der Waals surface area contributed by atoms with Crippen LogP contribution in [0.5, 0.6) is 0 Å². The van der Waals surface area contributed by atoms with E-state index in [2.05, 4.69) is 4.74 Å². The van der Waals surface area contributed by atoms with Crippen molar-refractivity contribution in [2.75, 3.05) is 0 Å². The highest BCUT2D eigenvalue weighted by atomic mass is 16.6. The lowest BCUT2D eigenvalue weighted by Gasteiger charge is -2.09. The standard InChI is InChI=1S/C7H7NO8/c1-2(8-3(9)4(10)11)6(14)16-7(15)5(12)13/h2H,1H3,(H,8,9)(H,10,11)(H,12,13)/t2-/m0/s1. The maximum Gasteiger partial charge on any atom is 0.424 e. The Morgan fingerprint density at radius 1 is 1.06 bits per heavy atom. The molecule has 0 bridgehead atoms. The lowest BCUT2D eigenvalue weighted by molar-refractivity contribution is -0.171. The summed E-state index contributed by atoms with van der Waals surface area (Å²) in [7, 11) is 0. The van der Waals surface area contributed by atoms with Crippen molar-refractivity contribution >= 4 is 29.8 Å². The van der Waals surface area contributed by atoms with Gasteiger partial charge in [-0.2, -0.15) is 0 Å². The molecule has 0 aliphatic heterocycles. The molecule has 0 aromatic rings. The molecule has 0 aromatic carbocycles. The van der Waals surface area contributed by atoms with Crippen LogP contribution in [0.25, 0.3) is 0 Å². The number of carbonyl (C=O) groups is 5. The van der Waals surface area contributed by atoms with Gasteiger partial charge in [-0.3, -0.25) is 4.79 Å². The second kappa shape index (κ2) is 5.44. The van der Waals surface area contributed by atoms with Crippen LogP contribution in [0.4, 0.5) is 0 Å². The summed E-state index contributed by atoms with van der Waals surface area (Å²) in [5, 5.41) is 17.9. The van der Waals surface area contributed by atoms with Crippen LogP contribution in [-0.2, 0) is 28.7 Å². The largest absolute Gasteiger partial charge is 0.474 e. The van der Waals surface area contributed by atoms with Crippen LogP contribution in [-0.4, -0.2) is 46.0 Å². The first kappa shape index (κ1) is 13.5. The Hall–Kier alpha value is -2.45. The van der Waals surface area contributed by atoms with Crippen molar-refractivity contribution in [2.45, 2.75) is 13.0 Å². The highest BCUT2D eigenvalue weighted by Gasteiger charge is 2.25. The van der Waals surface area contributed by atoms with Crippen molar-refractivity contribution in [1.82, 2.24) is 5.32 Å². The topological polar surface area (TPSA) is 147 Å². The molecule has 0 unspecified atom stereocenters. The van der Waals surface area contributed by atoms with Gasteiger partial charge in [0.05, 0.1) is 0 Å². The van der Waals surface area contributed by atoms with Gasteiger partial charge < -0.3 is 20.3 Å². The molecule has 0 aliphatic carbocycles. The molecule has 0 radical (unpaired) electrons. The van der Waals surface area contributed by atoms with Gasteiger partial charge in [0.2, 0.25) is 0 Å². The summed E-state index contributed by atoms with van der Waals surface area (Å²) < 4.78 is 3.77. The molecule has 3 N–H and O–H groups in total. The molecule has 1 amide bonds. The number of hydrogen-bond acceptors (Lipinski definition) is 6. The maximum atomic E-state index is 10.9. The second-order valence-corrected chi connectivity index (χ2v) is 2.51. The van der Waals surface area contributed by atoms with Gasteiger partial charge in [0, 0.05) is 0 Å². The summed E-state index contributed by atoms with van der Waals surface area (Å²) >= 11 is 0. The zero-order valence-electron chi connectivity index (χ0n) is 7.92. The summed E-state index contributed by atoms with van der Waals surface area (Å²) in [6.07, 6.45) is 0. The van der Waals surface area contributed by atoms with Gasteiger partial charge in [-0.15, -0.1) is 0 Å². The van der Waals surface area contributed by atoms with Gasteiger partial charge in [0.15, 0.2) is 0 Å². The zero-order chi connectivity index (χ0) is 12.9. The molecule has 0 fully saturated rings. The Kier molecular flexibility index (Phi) is 4.60. The Balaban J connectivity index is 4.30. The Morgan fingerprint density at radius 3 is 1.94 bits per heavy atom. The average Bonchev–Trinajstić information content (AvgIpc) is 2.16. The van der Waals surface area contributed by atoms with E-state index in [-0.39, 0.29) is 0 Å². The third-order valence-corrected chi connectivity index (χ3v) is 1.26. The van der Waals surface area contributed by atoms with Crippen molar-refractivity contribution in [3.05, 3.63) is 0 Å². The van der Waals surface area contributed by atoms with E-state index in [1.807, 2.05) is 0 Å². The molecule has 0 aliphatic rings. The number of aliphatic carboxylic acids is 2. The smallest absolute Gasteiger partial charge is 0.424 e. The van der Waals surface area contributed by atoms with Gasteiger partial charge in [-0.25, -0.2) is 19.2 Å². The first-order chi connectivity index (χ1) is 7.25. The summed E-state index contributed by atoms with van der Waals surface area (Å²) in [6.45, 7) is 1.03. The van der Waals surface area contributed by atoms with E-state index < -0.39 is 35.8 Å². The number of nitrogens with one attached hydrogen (secondary N) is 1. The maximum absolute atomic E-state index is 10.9. The number of amides is 1. The van der Waals surface area contributed by atoms with Crippen molar-refractivity contribution in [1.29, 1.82) is 0 Å². The zero-order valence-corrected chi connectivity index (χ0v) is 7.92. The van der Waals surface area contributed by atoms with E-state index in [0.29, 0.717) is 0 Å². The molecule has 0 saturated carbocycles. The molecule has 88 valence electrons. The number of ether oxygens (including phenoxy) is 1. The van der Waals surface area contributed by atoms with E-state index in [1.165, 1.54) is 0 Å². The van der Waals surface area contributed by atoms with Crippen molar-refractivity contribution in [2.24, 2.45) is 0 Å². The Labute approximate surface area is 88.0 Å². The molecule has 0 spiro atoms. The Bertz CT molecular complexity index is 359. The van der Waals surface area contributed by atoms with E-state index >= 15 is 0 Å². The number of carbonyl (C=O) groups excluding carboxylic acids is 3. The molecule has 0 saturated heterocycles. The van der Waals surface area contributed by atoms with Crippen LogP contribution in [0.15, 0.2) is 0 Å². The minimum Gasteiger partial charge on any atom is -0.474 e. The number of carboxylic acids is 2. The van der Waals surface area contributed by atoms with E-state index in [9.17, 15) is 24.0 Å². The number of carboxylic acid groups (broad SMARTS) is 2.